The van der Waals surface area contributed by atoms with E-state index in [2.05, 4.69) is 15.9 Å². The lowest BCUT2D eigenvalue weighted by molar-refractivity contribution is -0.124. The van der Waals surface area contributed by atoms with Gasteiger partial charge in [0.05, 0.1) is 23.8 Å². The summed E-state index contributed by atoms with van der Waals surface area (Å²) in [5, 5.41) is 11.0. The fourth-order valence-electron chi connectivity index (χ4n) is 4.04. The Hall–Kier alpha value is -2.09. The van der Waals surface area contributed by atoms with Gasteiger partial charge in [0.25, 0.3) is 5.91 Å². The molecule has 2 aliphatic rings. The first-order valence-corrected chi connectivity index (χ1v) is 10.0. The Morgan fingerprint density at radius 2 is 1.75 bits per heavy atom. The highest BCUT2D eigenvalue weighted by Crippen LogP contribution is 2.36. The van der Waals surface area contributed by atoms with Gasteiger partial charge >= 0.3 is 0 Å². The minimum Gasteiger partial charge on any atom is -0.385 e. The van der Waals surface area contributed by atoms with Crippen molar-refractivity contribution in [3.05, 3.63) is 64.4 Å². The standard InChI is InChI=1S/C21H20BrFN2O3/c22-15-6-4-14(5-7-15)21(28)8-10-24(11-9-21)18-13-19(26)25(20(18)27)17-3-1-2-16(23)12-17/h1-7,12,18,28H,8-11,13H2. The first-order valence-electron chi connectivity index (χ1n) is 9.22. The molecule has 2 aliphatic heterocycles. The molecule has 0 aliphatic carbocycles. The summed E-state index contributed by atoms with van der Waals surface area (Å²) < 4.78 is 14.5. The molecule has 4 rings (SSSR count). The van der Waals surface area contributed by atoms with Crippen molar-refractivity contribution in [3.8, 4) is 0 Å². The van der Waals surface area contributed by atoms with E-state index in [-0.39, 0.29) is 23.9 Å². The molecule has 0 spiro atoms. The number of amides is 2. The molecule has 28 heavy (non-hydrogen) atoms. The molecule has 7 heteroatoms. The van der Waals surface area contributed by atoms with E-state index in [1.807, 2.05) is 29.2 Å². The summed E-state index contributed by atoms with van der Waals surface area (Å²) in [5.74, 6) is -1.14. The third kappa shape index (κ3) is 3.50. The zero-order valence-corrected chi connectivity index (χ0v) is 16.7. The quantitative estimate of drug-likeness (QED) is 0.735. The molecule has 2 aromatic carbocycles. The van der Waals surface area contributed by atoms with Gasteiger partial charge in [0, 0.05) is 17.6 Å². The number of likely N-dealkylation sites (tertiary alicyclic amines) is 1. The van der Waals surface area contributed by atoms with Crippen LogP contribution in [0.15, 0.2) is 53.0 Å². The number of rotatable bonds is 3. The van der Waals surface area contributed by atoms with Crippen molar-refractivity contribution in [3.63, 3.8) is 0 Å². The smallest absolute Gasteiger partial charge is 0.251 e. The lowest BCUT2D eigenvalue weighted by Crippen LogP contribution is -2.49. The minimum atomic E-state index is -0.939. The predicted octanol–water partition coefficient (Wildman–Crippen LogP) is 3.20. The van der Waals surface area contributed by atoms with Gasteiger partial charge in [-0.25, -0.2) is 9.29 Å². The second-order valence-corrected chi connectivity index (χ2v) is 8.26. The van der Waals surface area contributed by atoms with Crippen LogP contribution in [0.2, 0.25) is 0 Å². The summed E-state index contributed by atoms with van der Waals surface area (Å²) in [4.78, 5) is 28.3. The lowest BCUT2D eigenvalue weighted by Gasteiger charge is -2.40. The molecule has 2 aromatic rings. The zero-order valence-electron chi connectivity index (χ0n) is 15.1. The number of halogens is 2. The van der Waals surface area contributed by atoms with Gasteiger partial charge in [-0.3, -0.25) is 14.5 Å². The summed E-state index contributed by atoms with van der Waals surface area (Å²) in [6, 6.07) is 12.5. The summed E-state index contributed by atoms with van der Waals surface area (Å²) in [6.45, 7) is 1.01. The largest absolute Gasteiger partial charge is 0.385 e. The van der Waals surface area contributed by atoms with E-state index in [1.165, 1.54) is 18.2 Å². The molecule has 146 valence electrons. The van der Waals surface area contributed by atoms with Crippen LogP contribution in [0.3, 0.4) is 0 Å². The molecule has 2 fully saturated rings. The molecule has 5 nitrogen and oxygen atoms in total. The average Bonchev–Trinajstić information content (AvgIpc) is 2.97. The monoisotopic (exact) mass is 446 g/mol. The molecule has 0 saturated carbocycles. The SMILES string of the molecule is O=C1CC(N2CCC(O)(c3ccc(Br)cc3)CC2)C(=O)N1c1cccc(F)c1. The first-order chi connectivity index (χ1) is 13.4. The van der Waals surface area contributed by atoms with Crippen LogP contribution < -0.4 is 4.90 Å². The molecule has 2 amide bonds. The van der Waals surface area contributed by atoms with E-state index in [0.29, 0.717) is 25.9 Å². The molecule has 1 atom stereocenters. The summed E-state index contributed by atoms with van der Waals surface area (Å²) in [7, 11) is 0. The Morgan fingerprint density at radius 1 is 1.07 bits per heavy atom. The molecule has 0 bridgehead atoms. The van der Waals surface area contributed by atoms with Gasteiger partial charge in [-0.2, -0.15) is 0 Å². The van der Waals surface area contributed by atoms with Gasteiger partial charge in [0.1, 0.15) is 5.82 Å². The van der Waals surface area contributed by atoms with Gasteiger partial charge in [-0.15, -0.1) is 0 Å². The number of carbonyl (C=O) groups excluding carboxylic acids is 2. The van der Waals surface area contributed by atoms with Crippen molar-refractivity contribution >= 4 is 33.4 Å². The van der Waals surface area contributed by atoms with Crippen molar-refractivity contribution in [1.82, 2.24) is 4.90 Å². The average molecular weight is 447 g/mol. The van der Waals surface area contributed by atoms with E-state index in [1.54, 1.807) is 6.07 Å². The Morgan fingerprint density at radius 3 is 2.39 bits per heavy atom. The van der Waals surface area contributed by atoms with Crippen molar-refractivity contribution in [2.75, 3.05) is 18.0 Å². The van der Waals surface area contributed by atoms with Crippen LogP contribution in [0.4, 0.5) is 10.1 Å². The van der Waals surface area contributed by atoms with Gasteiger partial charge in [0.15, 0.2) is 0 Å². The molecular formula is C21H20BrFN2O3. The van der Waals surface area contributed by atoms with Crippen molar-refractivity contribution in [2.45, 2.75) is 30.9 Å². The second-order valence-electron chi connectivity index (χ2n) is 7.34. The topological polar surface area (TPSA) is 60.9 Å². The Kier molecular flexibility index (Phi) is 5.07. The number of carbonyl (C=O) groups is 2. The van der Waals surface area contributed by atoms with Crippen LogP contribution >= 0.6 is 15.9 Å². The maximum absolute atomic E-state index is 13.5. The second kappa shape index (κ2) is 7.39. The van der Waals surface area contributed by atoms with Crippen LogP contribution in [0.1, 0.15) is 24.8 Å². The molecule has 2 saturated heterocycles. The number of benzene rings is 2. The van der Waals surface area contributed by atoms with Crippen LogP contribution in [-0.4, -0.2) is 41.0 Å². The third-order valence-corrected chi connectivity index (χ3v) is 6.17. The number of nitrogens with zero attached hydrogens (tertiary/aromatic N) is 2. The van der Waals surface area contributed by atoms with Gasteiger partial charge in [-0.05, 0) is 48.7 Å². The van der Waals surface area contributed by atoms with Gasteiger partial charge < -0.3 is 5.11 Å². The lowest BCUT2D eigenvalue weighted by atomic mass is 9.84. The zero-order chi connectivity index (χ0) is 19.9. The highest BCUT2D eigenvalue weighted by Gasteiger charge is 2.45. The Labute approximate surface area is 170 Å². The number of anilines is 1. The van der Waals surface area contributed by atoms with Crippen molar-refractivity contribution in [2.24, 2.45) is 0 Å². The van der Waals surface area contributed by atoms with E-state index in [4.69, 9.17) is 0 Å². The summed E-state index contributed by atoms with van der Waals surface area (Å²) in [6.07, 6.45) is 1.03. The Bertz CT molecular complexity index is 910. The van der Waals surface area contributed by atoms with Crippen molar-refractivity contribution < 1.29 is 19.1 Å². The minimum absolute atomic E-state index is 0.0755. The van der Waals surface area contributed by atoms with E-state index >= 15 is 0 Å². The normalized spacial score (nSPS) is 22.7. The maximum Gasteiger partial charge on any atom is 0.251 e. The number of hydrogen-bond acceptors (Lipinski definition) is 4. The van der Waals surface area contributed by atoms with Crippen LogP contribution in [0.5, 0.6) is 0 Å². The number of piperidine rings is 1. The number of hydrogen-bond donors (Lipinski definition) is 1. The molecule has 1 unspecified atom stereocenters. The molecule has 2 heterocycles. The summed E-state index contributed by atoms with van der Waals surface area (Å²) in [5.41, 5.74) is 0.178. The highest BCUT2D eigenvalue weighted by atomic mass is 79.9. The van der Waals surface area contributed by atoms with Gasteiger partial charge in [0.2, 0.25) is 5.91 Å². The third-order valence-electron chi connectivity index (χ3n) is 5.64. The fourth-order valence-corrected chi connectivity index (χ4v) is 4.31. The van der Waals surface area contributed by atoms with E-state index in [9.17, 15) is 19.1 Å². The van der Waals surface area contributed by atoms with Crippen LogP contribution in [-0.2, 0) is 15.2 Å². The van der Waals surface area contributed by atoms with E-state index in [0.717, 1.165) is 14.9 Å². The van der Waals surface area contributed by atoms with Gasteiger partial charge in [-0.1, -0.05) is 34.1 Å². The highest BCUT2D eigenvalue weighted by molar-refractivity contribution is 9.10. The number of aliphatic hydroxyl groups is 1. The predicted molar refractivity (Wildman–Crippen MR) is 106 cm³/mol. The van der Waals surface area contributed by atoms with E-state index < -0.39 is 17.5 Å². The Balaban J connectivity index is 1.47. The molecule has 0 aromatic heterocycles. The molecule has 0 radical (unpaired) electrons. The molecular weight excluding hydrogens is 427 g/mol. The van der Waals surface area contributed by atoms with Crippen LogP contribution in [0.25, 0.3) is 0 Å². The maximum atomic E-state index is 13.5. The van der Waals surface area contributed by atoms with Crippen molar-refractivity contribution in [1.29, 1.82) is 0 Å². The van der Waals surface area contributed by atoms with Crippen LogP contribution in [0, 0.1) is 5.82 Å². The first kappa shape index (κ1) is 19.2. The molecule has 1 N–H and O–H groups in total. The fraction of sp³-hybridized carbons (Fsp3) is 0.333. The number of imide groups is 1. The summed E-state index contributed by atoms with van der Waals surface area (Å²) >= 11 is 3.40.